The molecule has 3 heteroatoms. The maximum atomic E-state index is 9.71. The lowest BCUT2D eigenvalue weighted by atomic mass is 10.0. The van der Waals surface area contributed by atoms with Crippen molar-refractivity contribution in [1.82, 2.24) is 0 Å². The molecule has 19 heavy (non-hydrogen) atoms. The van der Waals surface area contributed by atoms with E-state index < -0.39 is 6.29 Å². The Morgan fingerprint density at radius 3 is 2.11 bits per heavy atom. The Labute approximate surface area is 119 Å². The van der Waals surface area contributed by atoms with E-state index in [4.69, 9.17) is 9.47 Å². The van der Waals surface area contributed by atoms with E-state index in [1.165, 1.54) is 19.3 Å². The van der Waals surface area contributed by atoms with Crippen LogP contribution in [0.5, 0.6) is 0 Å². The second-order valence-corrected chi connectivity index (χ2v) is 5.35. The molecule has 0 aromatic carbocycles. The molecular formula is C16H34O3. The summed E-state index contributed by atoms with van der Waals surface area (Å²) in [5.74, 6) is 0.617. The normalized spacial score (nSPS) is 16.3. The lowest BCUT2D eigenvalue weighted by Crippen LogP contribution is -2.26. The van der Waals surface area contributed by atoms with Crippen LogP contribution in [0.1, 0.15) is 79.1 Å². The Kier molecular flexibility index (Phi) is 12.8. The van der Waals surface area contributed by atoms with Gasteiger partial charge in [-0.1, -0.05) is 59.8 Å². The molecule has 0 heterocycles. The van der Waals surface area contributed by atoms with Crippen molar-refractivity contribution in [2.24, 2.45) is 5.92 Å². The molecule has 0 rings (SSSR count). The Balaban J connectivity index is 4.02. The van der Waals surface area contributed by atoms with Gasteiger partial charge in [0.25, 0.3) is 0 Å². The Bertz CT molecular complexity index is 185. The van der Waals surface area contributed by atoms with E-state index in [1.807, 2.05) is 6.92 Å². The van der Waals surface area contributed by atoms with Crippen molar-refractivity contribution in [3.05, 3.63) is 0 Å². The quantitative estimate of drug-likeness (QED) is 0.503. The third kappa shape index (κ3) is 10.3. The van der Waals surface area contributed by atoms with Crippen LogP contribution in [0.15, 0.2) is 0 Å². The molecule has 0 aliphatic heterocycles. The van der Waals surface area contributed by atoms with Gasteiger partial charge in [0.15, 0.2) is 12.6 Å². The first-order valence-corrected chi connectivity index (χ1v) is 8.12. The summed E-state index contributed by atoms with van der Waals surface area (Å²) in [6.07, 6.45) is 7.41. The Morgan fingerprint density at radius 1 is 0.895 bits per heavy atom. The zero-order valence-electron chi connectivity index (χ0n) is 13.4. The van der Waals surface area contributed by atoms with Gasteiger partial charge in [0.1, 0.15) is 0 Å². The molecule has 3 unspecified atom stereocenters. The standard InChI is InChI=1S/C16H34O3/c1-5-9-12-14(8-4)13-18-16(11-7-3)19-15(17)10-6-2/h14-17H,5-13H2,1-4H3. The van der Waals surface area contributed by atoms with Crippen LogP contribution in [-0.4, -0.2) is 24.3 Å². The highest BCUT2D eigenvalue weighted by Gasteiger charge is 2.16. The minimum Gasteiger partial charge on any atom is -0.368 e. The number of unbranched alkanes of at least 4 members (excludes halogenated alkanes) is 1. The molecule has 0 aliphatic rings. The zero-order chi connectivity index (χ0) is 14.5. The van der Waals surface area contributed by atoms with E-state index >= 15 is 0 Å². The molecule has 0 amide bonds. The number of aliphatic hydroxyl groups is 1. The monoisotopic (exact) mass is 274 g/mol. The summed E-state index contributed by atoms with van der Waals surface area (Å²) in [5.41, 5.74) is 0. The second kappa shape index (κ2) is 12.9. The molecule has 0 aromatic heterocycles. The summed E-state index contributed by atoms with van der Waals surface area (Å²) >= 11 is 0. The molecular weight excluding hydrogens is 240 g/mol. The number of hydrogen-bond donors (Lipinski definition) is 1. The highest BCUT2D eigenvalue weighted by atomic mass is 16.7. The molecule has 3 nitrogen and oxygen atoms in total. The maximum Gasteiger partial charge on any atom is 0.160 e. The van der Waals surface area contributed by atoms with Crippen molar-refractivity contribution in [1.29, 1.82) is 0 Å². The summed E-state index contributed by atoms with van der Waals surface area (Å²) in [6.45, 7) is 9.34. The Hall–Kier alpha value is -0.120. The van der Waals surface area contributed by atoms with Crippen LogP contribution in [-0.2, 0) is 9.47 Å². The van der Waals surface area contributed by atoms with Crippen molar-refractivity contribution in [2.75, 3.05) is 6.61 Å². The minimum atomic E-state index is -0.683. The predicted molar refractivity (Wildman–Crippen MR) is 80.0 cm³/mol. The third-order valence-electron chi connectivity index (χ3n) is 3.43. The Morgan fingerprint density at radius 2 is 1.58 bits per heavy atom. The zero-order valence-corrected chi connectivity index (χ0v) is 13.4. The summed E-state index contributed by atoms with van der Waals surface area (Å²) in [6, 6.07) is 0. The van der Waals surface area contributed by atoms with Gasteiger partial charge in [0.2, 0.25) is 0 Å². The molecule has 116 valence electrons. The fraction of sp³-hybridized carbons (Fsp3) is 1.00. The molecule has 3 atom stereocenters. The summed E-state index contributed by atoms with van der Waals surface area (Å²) in [7, 11) is 0. The minimum absolute atomic E-state index is 0.248. The third-order valence-corrected chi connectivity index (χ3v) is 3.43. The molecule has 0 aromatic rings. The van der Waals surface area contributed by atoms with Gasteiger partial charge >= 0.3 is 0 Å². The first-order chi connectivity index (χ1) is 9.17. The van der Waals surface area contributed by atoms with Crippen LogP contribution in [0.4, 0.5) is 0 Å². The maximum absolute atomic E-state index is 9.71. The van der Waals surface area contributed by atoms with Crippen molar-refractivity contribution >= 4 is 0 Å². The first kappa shape index (κ1) is 18.9. The second-order valence-electron chi connectivity index (χ2n) is 5.35. The van der Waals surface area contributed by atoms with Crippen LogP contribution < -0.4 is 0 Å². The highest BCUT2D eigenvalue weighted by Crippen LogP contribution is 2.16. The van der Waals surface area contributed by atoms with Crippen LogP contribution >= 0.6 is 0 Å². The van der Waals surface area contributed by atoms with E-state index in [9.17, 15) is 5.11 Å². The van der Waals surface area contributed by atoms with Gasteiger partial charge in [0.05, 0.1) is 6.61 Å². The molecule has 0 saturated carbocycles. The average molecular weight is 274 g/mol. The number of aliphatic hydroxyl groups excluding tert-OH is 1. The molecule has 0 aliphatic carbocycles. The van der Waals surface area contributed by atoms with E-state index in [2.05, 4.69) is 20.8 Å². The van der Waals surface area contributed by atoms with E-state index in [1.54, 1.807) is 0 Å². The number of ether oxygens (including phenoxy) is 2. The van der Waals surface area contributed by atoms with E-state index in [0.29, 0.717) is 12.3 Å². The van der Waals surface area contributed by atoms with Crippen LogP contribution in [0.3, 0.4) is 0 Å². The fourth-order valence-corrected chi connectivity index (χ4v) is 2.06. The molecule has 0 bridgehead atoms. The van der Waals surface area contributed by atoms with Crippen LogP contribution in [0.2, 0.25) is 0 Å². The first-order valence-electron chi connectivity index (χ1n) is 8.12. The van der Waals surface area contributed by atoms with Gasteiger partial charge in [0, 0.05) is 0 Å². The largest absolute Gasteiger partial charge is 0.368 e. The molecule has 1 N–H and O–H groups in total. The summed E-state index contributed by atoms with van der Waals surface area (Å²) in [4.78, 5) is 0. The molecule has 0 spiro atoms. The van der Waals surface area contributed by atoms with Gasteiger partial charge in [-0.3, -0.25) is 0 Å². The van der Waals surface area contributed by atoms with Crippen LogP contribution in [0, 0.1) is 5.92 Å². The van der Waals surface area contributed by atoms with E-state index in [0.717, 1.165) is 32.3 Å². The molecule has 0 saturated heterocycles. The van der Waals surface area contributed by atoms with Gasteiger partial charge in [-0.25, -0.2) is 0 Å². The van der Waals surface area contributed by atoms with E-state index in [-0.39, 0.29) is 6.29 Å². The molecule has 0 radical (unpaired) electrons. The lowest BCUT2D eigenvalue weighted by molar-refractivity contribution is -0.235. The van der Waals surface area contributed by atoms with Gasteiger partial charge in [-0.15, -0.1) is 0 Å². The topological polar surface area (TPSA) is 38.7 Å². The van der Waals surface area contributed by atoms with Gasteiger partial charge in [-0.2, -0.15) is 0 Å². The summed E-state index contributed by atoms with van der Waals surface area (Å²) < 4.78 is 11.4. The fourth-order valence-electron chi connectivity index (χ4n) is 2.06. The smallest absolute Gasteiger partial charge is 0.160 e. The highest BCUT2D eigenvalue weighted by molar-refractivity contribution is 4.57. The van der Waals surface area contributed by atoms with Crippen LogP contribution in [0.25, 0.3) is 0 Å². The van der Waals surface area contributed by atoms with Crippen molar-refractivity contribution < 1.29 is 14.6 Å². The summed E-state index contributed by atoms with van der Waals surface area (Å²) in [5, 5.41) is 9.71. The number of hydrogen-bond acceptors (Lipinski definition) is 3. The van der Waals surface area contributed by atoms with Crippen molar-refractivity contribution in [3.63, 3.8) is 0 Å². The average Bonchev–Trinajstić information content (AvgIpc) is 2.39. The predicted octanol–water partition coefficient (Wildman–Crippen LogP) is 4.48. The van der Waals surface area contributed by atoms with Gasteiger partial charge < -0.3 is 14.6 Å². The lowest BCUT2D eigenvalue weighted by Gasteiger charge is -2.24. The van der Waals surface area contributed by atoms with Crippen molar-refractivity contribution in [3.8, 4) is 0 Å². The van der Waals surface area contributed by atoms with Crippen molar-refractivity contribution in [2.45, 2.75) is 91.6 Å². The SMILES string of the molecule is CCCCC(CC)COC(CCC)OC(O)CCC. The van der Waals surface area contributed by atoms with Gasteiger partial charge in [-0.05, 0) is 25.2 Å². The molecule has 0 fully saturated rings. The number of rotatable bonds is 13.